The largest absolute Gasteiger partial charge is 0.507 e. The van der Waals surface area contributed by atoms with Gasteiger partial charge in [-0.15, -0.1) is 10.2 Å². The number of aromatic nitrogens is 2. The Labute approximate surface area is 153 Å². The van der Waals surface area contributed by atoms with Crippen molar-refractivity contribution in [3.8, 4) is 23.1 Å². The van der Waals surface area contributed by atoms with Crippen LogP contribution in [0, 0.1) is 18.3 Å². The Bertz CT molecular complexity index is 865. The molecule has 1 aromatic heterocycles. The molecule has 2 aliphatic heterocycles. The number of hydrogen-bond acceptors (Lipinski definition) is 6. The maximum absolute atomic E-state index is 10.4. The van der Waals surface area contributed by atoms with Crippen molar-refractivity contribution < 1.29 is 5.11 Å². The van der Waals surface area contributed by atoms with Crippen LogP contribution in [0.25, 0.3) is 11.3 Å². The number of aryl methyl sites for hydroxylation is 1. The van der Waals surface area contributed by atoms with Crippen molar-refractivity contribution in [1.29, 1.82) is 5.26 Å². The number of benzene rings is 1. The molecule has 0 radical (unpaired) electrons. The van der Waals surface area contributed by atoms with Crippen LogP contribution in [0.1, 0.15) is 29.5 Å². The van der Waals surface area contributed by atoms with Gasteiger partial charge in [0.25, 0.3) is 0 Å². The standard InChI is InChI=1S/C20H23N5O/c1-13-8-14(11-21)9-18(26)19(13)17-10-15-5-7-25(20(15)23-22-17)16-4-3-6-24(2)12-16/h8-10,16,26H,3-7,12H2,1-2H3. The number of nitrogens with zero attached hydrogens (tertiary/aromatic N) is 5. The van der Waals surface area contributed by atoms with Crippen molar-refractivity contribution in [3.05, 3.63) is 34.9 Å². The summed E-state index contributed by atoms with van der Waals surface area (Å²) in [6, 6.07) is 7.87. The lowest BCUT2D eigenvalue weighted by Gasteiger charge is -2.36. The molecular formula is C20H23N5O. The molecule has 0 spiro atoms. The van der Waals surface area contributed by atoms with Gasteiger partial charge in [0.15, 0.2) is 5.82 Å². The van der Waals surface area contributed by atoms with Gasteiger partial charge in [-0.2, -0.15) is 5.26 Å². The summed E-state index contributed by atoms with van der Waals surface area (Å²) in [5.74, 6) is 1.07. The minimum Gasteiger partial charge on any atom is -0.507 e. The molecule has 1 unspecified atom stereocenters. The van der Waals surface area contributed by atoms with Crippen LogP contribution in [-0.2, 0) is 6.42 Å². The third-order valence-corrected chi connectivity index (χ3v) is 5.49. The normalized spacial score (nSPS) is 20.0. The molecule has 134 valence electrons. The van der Waals surface area contributed by atoms with Crippen LogP contribution in [-0.4, -0.2) is 52.9 Å². The van der Waals surface area contributed by atoms with Gasteiger partial charge in [-0.25, -0.2) is 0 Å². The van der Waals surface area contributed by atoms with E-state index >= 15 is 0 Å². The fraction of sp³-hybridized carbons (Fsp3) is 0.450. The molecule has 0 amide bonds. The Morgan fingerprint density at radius 1 is 1.23 bits per heavy atom. The predicted molar refractivity (Wildman–Crippen MR) is 100 cm³/mol. The average molecular weight is 349 g/mol. The molecule has 1 fully saturated rings. The van der Waals surface area contributed by atoms with E-state index in [1.807, 2.05) is 13.0 Å². The molecule has 6 heteroatoms. The van der Waals surface area contributed by atoms with E-state index in [1.165, 1.54) is 31.0 Å². The zero-order valence-electron chi connectivity index (χ0n) is 15.2. The molecule has 0 bridgehead atoms. The molecule has 1 N–H and O–H groups in total. The van der Waals surface area contributed by atoms with Crippen molar-refractivity contribution >= 4 is 5.82 Å². The highest BCUT2D eigenvalue weighted by Gasteiger charge is 2.31. The molecule has 6 nitrogen and oxygen atoms in total. The molecule has 1 saturated heterocycles. The third kappa shape index (κ3) is 2.89. The first-order valence-electron chi connectivity index (χ1n) is 9.12. The summed E-state index contributed by atoms with van der Waals surface area (Å²) in [5.41, 5.74) is 3.80. The zero-order chi connectivity index (χ0) is 18.3. The van der Waals surface area contributed by atoms with Crippen LogP contribution in [0.4, 0.5) is 5.82 Å². The second-order valence-electron chi connectivity index (χ2n) is 7.38. The highest BCUT2D eigenvalue weighted by Crippen LogP contribution is 2.36. The molecule has 4 rings (SSSR count). The number of anilines is 1. The van der Waals surface area contributed by atoms with E-state index in [4.69, 9.17) is 5.26 Å². The van der Waals surface area contributed by atoms with Crippen LogP contribution >= 0.6 is 0 Å². The summed E-state index contributed by atoms with van der Waals surface area (Å²) in [4.78, 5) is 4.78. The Morgan fingerprint density at radius 3 is 2.81 bits per heavy atom. The summed E-state index contributed by atoms with van der Waals surface area (Å²) in [6.45, 7) is 5.09. The van der Waals surface area contributed by atoms with Gasteiger partial charge in [-0.05, 0) is 63.5 Å². The molecule has 2 aliphatic rings. The number of hydrogen-bond donors (Lipinski definition) is 1. The van der Waals surface area contributed by atoms with Crippen molar-refractivity contribution in [1.82, 2.24) is 15.1 Å². The van der Waals surface area contributed by atoms with Gasteiger partial charge in [0, 0.05) is 30.3 Å². The molecular weight excluding hydrogens is 326 g/mol. The fourth-order valence-corrected chi connectivity index (χ4v) is 4.23. The van der Waals surface area contributed by atoms with Crippen LogP contribution in [0.3, 0.4) is 0 Å². The van der Waals surface area contributed by atoms with E-state index in [0.29, 0.717) is 22.9 Å². The first-order valence-corrected chi connectivity index (χ1v) is 9.12. The van der Waals surface area contributed by atoms with E-state index in [0.717, 1.165) is 30.9 Å². The zero-order valence-corrected chi connectivity index (χ0v) is 15.2. The first-order chi connectivity index (χ1) is 12.6. The Hall–Kier alpha value is -2.65. The summed E-state index contributed by atoms with van der Waals surface area (Å²) in [6.07, 6.45) is 3.37. The summed E-state index contributed by atoms with van der Waals surface area (Å²) >= 11 is 0. The maximum Gasteiger partial charge on any atom is 0.154 e. The molecule has 0 aliphatic carbocycles. The Morgan fingerprint density at radius 2 is 2.08 bits per heavy atom. The molecule has 1 aromatic carbocycles. The van der Waals surface area contributed by atoms with Gasteiger partial charge in [0.1, 0.15) is 5.75 Å². The van der Waals surface area contributed by atoms with Crippen LogP contribution in [0.15, 0.2) is 18.2 Å². The second-order valence-corrected chi connectivity index (χ2v) is 7.38. The molecule has 0 saturated carbocycles. The van der Waals surface area contributed by atoms with Gasteiger partial charge < -0.3 is 14.9 Å². The summed E-state index contributed by atoms with van der Waals surface area (Å²) < 4.78 is 0. The number of piperidine rings is 1. The third-order valence-electron chi connectivity index (χ3n) is 5.49. The van der Waals surface area contributed by atoms with Crippen molar-refractivity contribution in [2.75, 3.05) is 31.6 Å². The first kappa shape index (κ1) is 16.8. The van der Waals surface area contributed by atoms with E-state index in [1.54, 1.807) is 6.07 Å². The maximum atomic E-state index is 10.4. The monoisotopic (exact) mass is 349 g/mol. The van der Waals surface area contributed by atoms with Gasteiger partial charge in [0.2, 0.25) is 0 Å². The predicted octanol–water partition coefficient (Wildman–Crippen LogP) is 2.49. The van der Waals surface area contributed by atoms with Crippen LogP contribution in [0.5, 0.6) is 5.75 Å². The van der Waals surface area contributed by atoms with Gasteiger partial charge in [-0.1, -0.05) is 0 Å². The molecule has 1 atom stereocenters. The van der Waals surface area contributed by atoms with Crippen molar-refractivity contribution in [2.24, 2.45) is 0 Å². The highest BCUT2D eigenvalue weighted by molar-refractivity contribution is 5.73. The topological polar surface area (TPSA) is 76.3 Å². The summed E-state index contributed by atoms with van der Waals surface area (Å²) in [5, 5.41) is 28.3. The lowest BCUT2D eigenvalue weighted by molar-refractivity contribution is 0.245. The fourth-order valence-electron chi connectivity index (χ4n) is 4.23. The molecule has 26 heavy (non-hydrogen) atoms. The second kappa shape index (κ2) is 6.58. The number of fused-ring (bicyclic) bond motifs is 1. The van der Waals surface area contributed by atoms with E-state index < -0.39 is 0 Å². The average Bonchev–Trinajstić information content (AvgIpc) is 3.04. The minimum absolute atomic E-state index is 0.0829. The quantitative estimate of drug-likeness (QED) is 0.898. The Kier molecular flexibility index (Phi) is 4.25. The van der Waals surface area contributed by atoms with Crippen LogP contribution in [0.2, 0.25) is 0 Å². The molecule has 2 aromatic rings. The minimum atomic E-state index is 0.0829. The highest BCUT2D eigenvalue weighted by atomic mass is 16.3. The number of likely N-dealkylation sites (tertiary alicyclic amines) is 1. The number of phenolic OH excluding ortho intramolecular Hbond substituents is 1. The van der Waals surface area contributed by atoms with Gasteiger partial charge in [0.05, 0.1) is 17.3 Å². The van der Waals surface area contributed by atoms with Gasteiger partial charge >= 0.3 is 0 Å². The van der Waals surface area contributed by atoms with Crippen molar-refractivity contribution in [3.63, 3.8) is 0 Å². The van der Waals surface area contributed by atoms with Crippen LogP contribution < -0.4 is 4.90 Å². The SMILES string of the molecule is Cc1cc(C#N)cc(O)c1-c1cc2c(nn1)N(C1CCCN(C)C1)CC2. The lowest BCUT2D eigenvalue weighted by atomic mass is 10.0. The number of phenols is 1. The van der Waals surface area contributed by atoms with E-state index in [2.05, 4.69) is 33.1 Å². The number of nitriles is 1. The number of rotatable bonds is 2. The van der Waals surface area contributed by atoms with Gasteiger partial charge in [-0.3, -0.25) is 0 Å². The number of likely N-dealkylation sites (N-methyl/N-ethyl adjacent to an activating group) is 1. The smallest absolute Gasteiger partial charge is 0.154 e. The van der Waals surface area contributed by atoms with E-state index in [-0.39, 0.29) is 5.75 Å². The number of aromatic hydroxyl groups is 1. The Balaban J connectivity index is 1.66. The lowest BCUT2D eigenvalue weighted by Crippen LogP contribution is -2.46. The molecule has 3 heterocycles. The van der Waals surface area contributed by atoms with Crippen molar-refractivity contribution in [2.45, 2.75) is 32.2 Å². The van der Waals surface area contributed by atoms with E-state index in [9.17, 15) is 5.11 Å². The summed E-state index contributed by atoms with van der Waals surface area (Å²) in [7, 11) is 2.17.